The third-order valence-corrected chi connectivity index (χ3v) is 2.21. The van der Waals surface area contributed by atoms with Gasteiger partial charge in [-0.15, -0.1) is 0 Å². The first kappa shape index (κ1) is 15.4. The first-order chi connectivity index (χ1) is 9.67. The predicted molar refractivity (Wildman–Crippen MR) is 73.0 cm³/mol. The second-order valence-electron chi connectivity index (χ2n) is 3.65. The number of hydrogen-bond donors (Lipinski definition) is 1. The van der Waals surface area contributed by atoms with E-state index in [0.29, 0.717) is 0 Å². The predicted octanol–water partition coefficient (Wildman–Crippen LogP) is 1.30. The molecule has 20 heavy (non-hydrogen) atoms. The third kappa shape index (κ3) is 5.34. The molecule has 1 N–H and O–H groups in total. The van der Waals surface area contributed by atoms with Crippen LogP contribution in [0.2, 0.25) is 0 Å². The number of hydrogen-bond acceptors (Lipinski definition) is 4. The minimum atomic E-state index is -0.802. The maximum atomic E-state index is 11.8. The molecular weight excluding hydrogens is 260 g/mol. The van der Waals surface area contributed by atoms with Crippen molar-refractivity contribution in [2.75, 3.05) is 13.2 Å². The Kier molecular flexibility index (Phi) is 6.53. The molecule has 0 spiro atoms. The van der Waals surface area contributed by atoms with Gasteiger partial charge in [-0.1, -0.05) is 30.3 Å². The average molecular weight is 275 g/mol. The molecular formula is C14H15N2O4. The van der Waals surface area contributed by atoms with Gasteiger partial charge in [0, 0.05) is 6.08 Å². The Balaban J connectivity index is 2.66. The minimum Gasteiger partial charge on any atom is -0.449 e. The van der Waals surface area contributed by atoms with Crippen molar-refractivity contribution < 1.29 is 19.1 Å². The Hall–Kier alpha value is -2.63. The van der Waals surface area contributed by atoms with Gasteiger partial charge in [0.2, 0.25) is 6.29 Å². The highest BCUT2D eigenvalue weighted by Crippen LogP contribution is 2.01. The molecule has 6 nitrogen and oxygen atoms in total. The summed E-state index contributed by atoms with van der Waals surface area (Å²) in [5, 5.41) is 0.824. The molecule has 0 bridgehead atoms. The molecule has 0 aromatic heterocycles. The lowest BCUT2D eigenvalue weighted by molar-refractivity contribution is -0.127. The van der Waals surface area contributed by atoms with Crippen LogP contribution in [0, 0.1) is 0 Å². The molecule has 0 aliphatic carbocycles. The van der Waals surface area contributed by atoms with E-state index >= 15 is 0 Å². The van der Waals surface area contributed by atoms with Gasteiger partial charge in [-0.05, 0) is 18.6 Å². The van der Waals surface area contributed by atoms with Gasteiger partial charge in [-0.3, -0.25) is 9.59 Å². The van der Waals surface area contributed by atoms with Crippen molar-refractivity contribution in [1.82, 2.24) is 10.4 Å². The highest BCUT2D eigenvalue weighted by atomic mass is 16.6. The smallest absolute Gasteiger partial charge is 0.426 e. The van der Waals surface area contributed by atoms with E-state index in [0.717, 1.165) is 10.6 Å². The Bertz CT molecular complexity index is 485. The van der Waals surface area contributed by atoms with Gasteiger partial charge in [0.25, 0.3) is 5.91 Å². The molecule has 1 rings (SSSR count). The second-order valence-corrected chi connectivity index (χ2v) is 3.65. The average Bonchev–Trinajstić information content (AvgIpc) is 2.45. The normalized spacial score (nSPS) is 10.1. The first-order valence-corrected chi connectivity index (χ1v) is 6.00. The Labute approximate surface area is 117 Å². The quantitative estimate of drug-likeness (QED) is 0.649. The zero-order valence-corrected chi connectivity index (χ0v) is 11.0. The summed E-state index contributed by atoms with van der Waals surface area (Å²) in [5.41, 5.74) is 2.99. The van der Waals surface area contributed by atoms with Crippen molar-refractivity contribution >= 4 is 24.4 Å². The van der Waals surface area contributed by atoms with Gasteiger partial charge in [-0.2, -0.15) is 0 Å². The van der Waals surface area contributed by atoms with Crippen LogP contribution in [0.5, 0.6) is 0 Å². The largest absolute Gasteiger partial charge is 0.449 e. The number of rotatable bonds is 5. The van der Waals surface area contributed by atoms with E-state index in [1.165, 1.54) is 6.08 Å². The number of hydrazine groups is 1. The summed E-state index contributed by atoms with van der Waals surface area (Å²) in [5.74, 6) is -0.551. The summed E-state index contributed by atoms with van der Waals surface area (Å²) in [6.45, 7) is 1.42. The Morgan fingerprint density at radius 3 is 2.65 bits per heavy atom. The van der Waals surface area contributed by atoms with Crippen molar-refractivity contribution in [3.63, 3.8) is 0 Å². The first-order valence-electron chi connectivity index (χ1n) is 6.00. The van der Waals surface area contributed by atoms with Gasteiger partial charge < -0.3 is 4.74 Å². The topological polar surface area (TPSA) is 75.7 Å². The number of ether oxygens (including phenoxy) is 1. The molecule has 105 valence electrons. The van der Waals surface area contributed by atoms with Gasteiger partial charge >= 0.3 is 6.09 Å². The SMILES string of the molecule is CCOC(=O)NN(C[C]=O)C(=O)C=Cc1ccccc1. The van der Waals surface area contributed by atoms with Crippen LogP contribution in [-0.2, 0) is 14.3 Å². The number of amides is 2. The third-order valence-electron chi connectivity index (χ3n) is 2.21. The summed E-state index contributed by atoms with van der Waals surface area (Å²) >= 11 is 0. The van der Waals surface area contributed by atoms with Crippen LogP contribution < -0.4 is 5.43 Å². The van der Waals surface area contributed by atoms with Gasteiger partial charge in [0.05, 0.1) is 6.61 Å². The van der Waals surface area contributed by atoms with Crippen LogP contribution in [0.4, 0.5) is 4.79 Å². The molecule has 2 amide bonds. The molecule has 0 aliphatic rings. The fraction of sp³-hybridized carbons (Fsp3) is 0.214. The zero-order chi connectivity index (χ0) is 14.8. The second kappa shape index (κ2) is 8.47. The molecule has 1 aromatic carbocycles. The van der Waals surface area contributed by atoms with Crippen LogP contribution in [0.15, 0.2) is 36.4 Å². The molecule has 0 saturated heterocycles. The number of carbonyl (C=O) groups is 2. The van der Waals surface area contributed by atoms with E-state index in [1.54, 1.807) is 19.3 Å². The standard InChI is InChI=1S/C14H15N2O4/c1-2-20-14(19)15-16(10-11-17)13(18)9-8-12-6-4-3-5-7-12/h3-9H,2,10H2,1H3,(H,15,19). The molecule has 0 atom stereocenters. The van der Waals surface area contributed by atoms with E-state index in [2.05, 4.69) is 10.2 Å². The number of benzene rings is 1. The number of nitrogens with zero attached hydrogens (tertiary/aromatic N) is 1. The molecule has 0 aliphatic heterocycles. The van der Waals surface area contributed by atoms with E-state index in [1.807, 2.05) is 30.3 Å². The highest BCUT2D eigenvalue weighted by molar-refractivity contribution is 5.93. The van der Waals surface area contributed by atoms with Crippen LogP contribution in [0.3, 0.4) is 0 Å². The van der Waals surface area contributed by atoms with E-state index in [-0.39, 0.29) is 13.2 Å². The minimum absolute atomic E-state index is 0.165. The summed E-state index contributed by atoms with van der Waals surface area (Å²) in [6.07, 6.45) is 3.57. The lowest BCUT2D eigenvalue weighted by Crippen LogP contribution is -2.46. The molecule has 0 fully saturated rings. The number of nitrogens with one attached hydrogen (secondary N) is 1. The summed E-state index contributed by atoms with van der Waals surface area (Å²) < 4.78 is 4.63. The monoisotopic (exact) mass is 275 g/mol. The lowest BCUT2D eigenvalue weighted by atomic mass is 10.2. The number of carbonyl (C=O) groups excluding carboxylic acids is 3. The molecule has 1 aromatic rings. The fourth-order valence-electron chi connectivity index (χ4n) is 1.33. The molecule has 0 unspecified atom stereocenters. The van der Waals surface area contributed by atoms with E-state index in [9.17, 15) is 14.4 Å². The van der Waals surface area contributed by atoms with E-state index in [4.69, 9.17) is 0 Å². The Morgan fingerprint density at radius 2 is 2.05 bits per heavy atom. The van der Waals surface area contributed by atoms with Gasteiger partial charge in [0.15, 0.2) is 0 Å². The van der Waals surface area contributed by atoms with Crippen molar-refractivity contribution in [3.8, 4) is 0 Å². The summed E-state index contributed by atoms with van der Waals surface area (Å²) in [6, 6.07) is 9.16. The van der Waals surface area contributed by atoms with Gasteiger partial charge in [-0.25, -0.2) is 15.2 Å². The maximum absolute atomic E-state index is 11.8. The fourth-order valence-corrected chi connectivity index (χ4v) is 1.33. The maximum Gasteiger partial charge on any atom is 0.426 e. The van der Waals surface area contributed by atoms with Crippen molar-refractivity contribution in [1.29, 1.82) is 0 Å². The van der Waals surface area contributed by atoms with Crippen LogP contribution in [-0.4, -0.2) is 36.4 Å². The summed E-state index contributed by atoms with van der Waals surface area (Å²) in [7, 11) is 0. The van der Waals surface area contributed by atoms with E-state index < -0.39 is 12.0 Å². The Morgan fingerprint density at radius 1 is 1.35 bits per heavy atom. The lowest BCUT2D eigenvalue weighted by Gasteiger charge is -2.18. The zero-order valence-electron chi connectivity index (χ0n) is 11.0. The van der Waals surface area contributed by atoms with Crippen molar-refractivity contribution in [2.45, 2.75) is 6.92 Å². The van der Waals surface area contributed by atoms with Crippen molar-refractivity contribution in [3.05, 3.63) is 42.0 Å². The van der Waals surface area contributed by atoms with Crippen LogP contribution >= 0.6 is 0 Å². The molecule has 6 heteroatoms. The van der Waals surface area contributed by atoms with Crippen molar-refractivity contribution in [2.24, 2.45) is 0 Å². The van der Waals surface area contributed by atoms with Crippen LogP contribution in [0.1, 0.15) is 12.5 Å². The highest BCUT2D eigenvalue weighted by Gasteiger charge is 2.14. The molecule has 1 radical (unpaired) electrons. The van der Waals surface area contributed by atoms with Crippen LogP contribution in [0.25, 0.3) is 6.08 Å². The summed E-state index contributed by atoms with van der Waals surface area (Å²) in [4.78, 5) is 33.5. The molecule has 0 heterocycles. The van der Waals surface area contributed by atoms with Gasteiger partial charge in [0.1, 0.15) is 6.54 Å². The molecule has 0 saturated carbocycles.